The minimum Gasteiger partial charge on any atom is -0.427 e. The van der Waals surface area contributed by atoms with E-state index in [1.54, 1.807) is 19.1 Å². The van der Waals surface area contributed by atoms with Crippen LogP contribution in [-0.4, -0.2) is 15.8 Å². The molecule has 1 aromatic carbocycles. The topological polar surface area (TPSA) is 110 Å². The number of benzene rings is 1. The number of hydrogen-bond donors (Lipinski definition) is 3. The largest absolute Gasteiger partial charge is 0.427 e. The van der Waals surface area contributed by atoms with E-state index in [1.165, 1.54) is 0 Å². The predicted molar refractivity (Wildman–Crippen MR) is 58.6 cm³/mol. The van der Waals surface area contributed by atoms with Gasteiger partial charge in [0, 0.05) is 6.42 Å². The van der Waals surface area contributed by atoms with Gasteiger partial charge in [0.05, 0.1) is 0 Å². The van der Waals surface area contributed by atoms with E-state index in [1.807, 2.05) is 18.2 Å². The van der Waals surface area contributed by atoms with Gasteiger partial charge in [-0.15, -0.1) is 0 Å². The second kappa shape index (κ2) is 7.14. The molecule has 0 fully saturated rings. The van der Waals surface area contributed by atoms with Crippen molar-refractivity contribution >= 4 is 13.7 Å². The number of ether oxygens (including phenoxy) is 1. The molecular formula is C9H14NO5P. The minimum absolute atomic E-state index is 0.198. The van der Waals surface area contributed by atoms with Crippen LogP contribution in [-0.2, 0) is 9.36 Å². The summed E-state index contributed by atoms with van der Waals surface area (Å²) in [4.78, 5) is 25.6. The lowest BCUT2D eigenvalue weighted by Crippen LogP contribution is -2.04. The van der Waals surface area contributed by atoms with Crippen LogP contribution in [0.2, 0.25) is 0 Å². The molecule has 0 saturated heterocycles. The molecule has 90 valence electrons. The van der Waals surface area contributed by atoms with Crippen LogP contribution in [0.3, 0.4) is 0 Å². The molecule has 1 aromatic rings. The van der Waals surface area contributed by atoms with Crippen molar-refractivity contribution in [3.63, 3.8) is 0 Å². The van der Waals surface area contributed by atoms with Gasteiger partial charge in [0.25, 0.3) is 0 Å². The van der Waals surface area contributed by atoms with Crippen LogP contribution in [0, 0.1) is 0 Å². The highest BCUT2D eigenvalue weighted by atomic mass is 31.2. The molecule has 0 aliphatic carbocycles. The average Bonchev–Trinajstić information content (AvgIpc) is 2.16. The third kappa shape index (κ3) is 10.9. The highest BCUT2D eigenvalue weighted by Gasteiger charge is 1.98. The summed E-state index contributed by atoms with van der Waals surface area (Å²) in [6.45, 7) is 1.77. The molecule has 0 bridgehead atoms. The van der Waals surface area contributed by atoms with Crippen molar-refractivity contribution in [2.45, 2.75) is 13.3 Å². The van der Waals surface area contributed by atoms with Crippen LogP contribution in [0.15, 0.2) is 30.3 Å². The van der Waals surface area contributed by atoms with Crippen LogP contribution in [0.25, 0.3) is 0 Å². The van der Waals surface area contributed by atoms with Crippen molar-refractivity contribution in [2.75, 3.05) is 0 Å². The van der Waals surface area contributed by atoms with Crippen molar-refractivity contribution in [1.82, 2.24) is 0 Å². The average molecular weight is 247 g/mol. The van der Waals surface area contributed by atoms with E-state index in [2.05, 4.69) is 5.50 Å². The Morgan fingerprint density at radius 1 is 1.38 bits per heavy atom. The summed E-state index contributed by atoms with van der Waals surface area (Å²) in [5.41, 5.74) is 4.02. The summed E-state index contributed by atoms with van der Waals surface area (Å²) < 4.78 is 14.0. The summed E-state index contributed by atoms with van der Waals surface area (Å²) in [5, 5.41) is 0. The Hall–Kier alpha value is -1.20. The molecular weight excluding hydrogens is 233 g/mol. The van der Waals surface area contributed by atoms with E-state index in [0.717, 1.165) is 0 Å². The fraction of sp³-hybridized carbons (Fsp3) is 0.222. The first-order valence-corrected chi connectivity index (χ1v) is 6.11. The zero-order chi connectivity index (χ0) is 12.6. The maximum Gasteiger partial charge on any atom is 0.397 e. The standard InChI is InChI=1S/C9H10O2.H4NO3P/c1-2-9(10)11-8-6-4-3-5-7-8;1-5(2,3)4/h3-7H,2H2,1H3;(H4,1,2,3,4). The van der Waals surface area contributed by atoms with Crippen LogP contribution < -0.4 is 10.2 Å². The molecule has 0 aliphatic rings. The molecule has 0 unspecified atom stereocenters. The summed E-state index contributed by atoms with van der Waals surface area (Å²) in [6, 6.07) is 9.06. The Bertz CT molecular complexity index is 353. The molecule has 0 saturated carbocycles. The molecule has 0 aromatic heterocycles. The summed E-state index contributed by atoms with van der Waals surface area (Å²) in [6.07, 6.45) is 0.412. The van der Waals surface area contributed by atoms with Gasteiger partial charge in [0.1, 0.15) is 5.75 Å². The second-order valence-electron chi connectivity index (χ2n) is 2.73. The van der Waals surface area contributed by atoms with Gasteiger partial charge in [0.15, 0.2) is 0 Å². The summed E-state index contributed by atoms with van der Waals surface area (Å²) >= 11 is 0. The van der Waals surface area contributed by atoms with E-state index in [4.69, 9.17) is 19.1 Å². The third-order valence-electron chi connectivity index (χ3n) is 1.26. The molecule has 1 rings (SSSR count). The fourth-order valence-corrected chi connectivity index (χ4v) is 0.692. The monoisotopic (exact) mass is 247 g/mol. The molecule has 0 heterocycles. The number of hydrogen-bond acceptors (Lipinski definition) is 3. The normalized spacial score (nSPS) is 10.0. The van der Waals surface area contributed by atoms with Crippen molar-refractivity contribution in [1.29, 1.82) is 0 Å². The zero-order valence-electron chi connectivity index (χ0n) is 8.74. The van der Waals surface area contributed by atoms with Gasteiger partial charge < -0.3 is 14.5 Å². The van der Waals surface area contributed by atoms with Crippen molar-refractivity contribution < 1.29 is 23.9 Å². The zero-order valence-corrected chi connectivity index (χ0v) is 9.63. The number of carbonyl (C=O) groups excluding carboxylic acids is 1. The van der Waals surface area contributed by atoms with Gasteiger partial charge in [-0.25, -0.2) is 10.1 Å². The SMILES string of the molecule is CCC(=O)Oc1ccccc1.NP(=O)(O)O. The second-order valence-corrected chi connectivity index (χ2v) is 3.91. The van der Waals surface area contributed by atoms with Crippen LogP contribution >= 0.6 is 7.75 Å². The van der Waals surface area contributed by atoms with E-state index in [-0.39, 0.29) is 5.97 Å². The molecule has 0 amide bonds. The summed E-state index contributed by atoms with van der Waals surface area (Å²) in [7, 11) is -4.14. The number of nitrogens with two attached hydrogens (primary N) is 1. The first-order chi connectivity index (χ1) is 7.33. The van der Waals surface area contributed by atoms with E-state index >= 15 is 0 Å². The van der Waals surface area contributed by atoms with Crippen LogP contribution in [0.1, 0.15) is 13.3 Å². The maximum absolute atomic E-state index is 10.8. The molecule has 0 atom stereocenters. The third-order valence-corrected chi connectivity index (χ3v) is 1.26. The molecule has 0 aliphatic heterocycles. The molecule has 16 heavy (non-hydrogen) atoms. The van der Waals surface area contributed by atoms with Crippen molar-refractivity contribution in [3.8, 4) is 5.75 Å². The van der Waals surface area contributed by atoms with Gasteiger partial charge in [0.2, 0.25) is 0 Å². The summed E-state index contributed by atoms with van der Waals surface area (Å²) in [5.74, 6) is 0.413. The number of esters is 1. The highest BCUT2D eigenvalue weighted by Crippen LogP contribution is 2.20. The van der Waals surface area contributed by atoms with Crippen molar-refractivity contribution in [2.24, 2.45) is 5.50 Å². The lowest BCUT2D eigenvalue weighted by Gasteiger charge is -1.99. The van der Waals surface area contributed by atoms with Gasteiger partial charge in [-0.1, -0.05) is 25.1 Å². The number of carbonyl (C=O) groups is 1. The molecule has 4 N–H and O–H groups in total. The quantitative estimate of drug-likeness (QED) is 0.409. The van der Waals surface area contributed by atoms with Gasteiger partial charge in [-0.2, -0.15) is 0 Å². The van der Waals surface area contributed by atoms with E-state index in [0.29, 0.717) is 12.2 Å². The first kappa shape index (κ1) is 14.8. The van der Waals surface area contributed by atoms with Crippen LogP contribution in [0.5, 0.6) is 5.75 Å². The van der Waals surface area contributed by atoms with Crippen LogP contribution in [0.4, 0.5) is 0 Å². The Labute approximate surface area is 93.3 Å². The number of rotatable bonds is 2. The first-order valence-electron chi connectivity index (χ1n) is 4.42. The highest BCUT2D eigenvalue weighted by molar-refractivity contribution is 7.49. The smallest absolute Gasteiger partial charge is 0.397 e. The Morgan fingerprint density at radius 3 is 2.19 bits per heavy atom. The molecule has 0 radical (unpaired) electrons. The lowest BCUT2D eigenvalue weighted by molar-refractivity contribution is -0.134. The van der Waals surface area contributed by atoms with Crippen molar-refractivity contribution in [3.05, 3.63) is 30.3 Å². The van der Waals surface area contributed by atoms with E-state index in [9.17, 15) is 4.79 Å². The lowest BCUT2D eigenvalue weighted by atomic mass is 10.3. The van der Waals surface area contributed by atoms with E-state index < -0.39 is 7.75 Å². The molecule has 6 nitrogen and oxygen atoms in total. The Balaban J connectivity index is 0.000000385. The van der Waals surface area contributed by atoms with Gasteiger partial charge in [-0.05, 0) is 12.1 Å². The predicted octanol–water partition coefficient (Wildman–Crippen LogP) is 1.04. The Morgan fingerprint density at radius 2 is 1.81 bits per heavy atom. The Kier molecular flexibility index (Phi) is 6.60. The number of para-hydroxylation sites is 1. The minimum atomic E-state index is -4.14. The van der Waals surface area contributed by atoms with Gasteiger partial charge in [-0.3, -0.25) is 4.79 Å². The fourth-order valence-electron chi connectivity index (χ4n) is 0.692. The maximum atomic E-state index is 10.8. The van der Waals surface area contributed by atoms with Gasteiger partial charge >= 0.3 is 13.7 Å². The molecule has 0 spiro atoms. The molecule has 7 heteroatoms.